The van der Waals surface area contributed by atoms with E-state index in [1.165, 1.54) is 0 Å². The molecule has 1 atom stereocenters. The Hall–Kier alpha value is -2.63. The maximum atomic E-state index is 12.6. The first kappa shape index (κ1) is 18.7. The van der Waals surface area contributed by atoms with Crippen LogP contribution in [0.4, 0.5) is 0 Å². The van der Waals surface area contributed by atoms with Gasteiger partial charge in [0.05, 0.1) is 17.8 Å². The molecule has 134 valence electrons. The quantitative estimate of drug-likeness (QED) is 0.772. The molecule has 0 unspecified atom stereocenters. The third-order valence-corrected chi connectivity index (χ3v) is 4.31. The standard InChI is InChI=1S/C19H25N3O3/c1-4-5-9-17(19(24)25)21-18(23)16-11-13(2)22(14(16)3)12-15-8-6-7-10-20-15/h6-8,10-11,17H,4-5,9,12H2,1-3H3,(H,21,23)(H,24,25)/t17-/m0/s1. The van der Waals surface area contributed by atoms with Crippen molar-refractivity contribution in [1.29, 1.82) is 0 Å². The van der Waals surface area contributed by atoms with Crippen molar-refractivity contribution in [3.05, 3.63) is 53.1 Å². The molecule has 0 radical (unpaired) electrons. The third kappa shape index (κ3) is 4.68. The van der Waals surface area contributed by atoms with Gasteiger partial charge in [-0.2, -0.15) is 0 Å². The van der Waals surface area contributed by atoms with Crippen LogP contribution in [-0.4, -0.2) is 32.6 Å². The van der Waals surface area contributed by atoms with Gasteiger partial charge in [-0.15, -0.1) is 0 Å². The summed E-state index contributed by atoms with van der Waals surface area (Å²) in [5.41, 5.74) is 3.16. The molecule has 2 N–H and O–H groups in total. The summed E-state index contributed by atoms with van der Waals surface area (Å²) in [5.74, 6) is -1.34. The van der Waals surface area contributed by atoms with E-state index in [4.69, 9.17) is 0 Å². The van der Waals surface area contributed by atoms with Gasteiger partial charge in [0.15, 0.2) is 0 Å². The number of carboxylic acids is 1. The predicted octanol–water partition coefficient (Wildman–Crippen LogP) is 2.92. The topological polar surface area (TPSA) is 84.2 Å². The average Bonchev–Trinajstić information content (AvgIpc) is 2.87. The number of nitrogens with one attached hydrogen (secondary N) is 1. The molecule has 0 saturated heterocycles. The summed E-state index contributed by atoms with van der Waals surface area (Å²) in [5, 5.41) is 11.9. The number of hydrogen-bond acceptors (Lipinski definition) is 3. The van der Waals surface area contributed by atoms with Crippen molar-refractivity contribution < 1.29 is 14.7 Å². The lowest BCUT2D eigenvalue weighted by Crippen LogP contribution is -2.40. The van der Waals surface area contributed by atoms with Crippen molar-refractivity contribution >= 4 is 11.9 Å². The summed E-state index contributed by atoms with van der Waals surface area (Å²) in [6.07, 6.45) is 3.82. The largest absolute Gasteiger partial charge is 0.480 e. The second-order valence-electron chi connectivity index (χ2n) is 6.20. The monoisotopic (exact) mass is 343 g/mol. The first-order valence-electron chi connectivity index (χ1n) is 8.54. The van der Waals surface area contributed by atoms with E-state index in [0.717, 1.165) is 29.9 Å². The van der Waals surface area contributed by atoms with Gasteiger partial charge in [-0.1, -0.05) is 25.8 Å². The Morgan fingerprint density at radius 1 is 1.32 bits per heavy atom. The highest BCUT2D eigenvalue weighted by molar-refractivity contribution is 5.97. The molecule has 1 amide bonds. The molecule has 2 aromatic rings. The highest BCUT2D eigenvalue weighted by Crippen LogP contribution is 2.17. The fraction of sp³-hybridized carbons (Fsp3) is 0.421. The van der Waals surface area contributed by atoms with Crippen LogP contribution in [0.15, 0.2) is 30.5 Å². The first-order valence-corrected chi connectivity index (χ1v) is 8.54. The number of carboxylic acid groups (broad SMARTS) is 1. The Bertz CT molecular complexity index is 738. The summed E-state index contributed by atoms with van der Waals surface area (Å²) < 4.78 is 2.01. The number of nitrogens with zero attached hydrogens (tertiary/aromatic N) is 2. The minimum absolute atomic E-state index is 0.344. The van der Waals surface area contributed by atoms with Gasteiger partial charge in [0.2, 0.25) is 0 Å². The van der Waals surface area contributed by atoms with Crippen LogP contribution in [-0.2, 0) is 11.3 Å². The van der Waals surface area contributed by atoms with E-state index in [-0.39, 0.29) is 5.91 Å². The molecule has 25 heavy (non-hydrogen) atoms. The van der Waals surface area contributed by atoms with Crippen molar-refractivity contribution in [3.63, 3.8) is 0 Å². The van der Waals surface area contributed by atoms with Crippen molar-refractivity contribution in [2.45, 2.75) is 52.6 Å². The molecular weight excluding hydrogens is 318 g/mol. The van der Waals surface area contributed by atoms with Crippen LogP contribution in [0.5, 0.6) is 0 Å². The van der Waals surface area contributed by atoms with Gasteiger partial charge < -0.3 is 15.0 Å². The van der Waals surface area contributed by atoms with E-state index in [1.54, 1.807) is 12.3 Å². The van der Waals surface area contributed by atoms with E-state index in [2.05, 4.69) is 10.3 Å². The molecule has 0 saturated carbocycles. The van der Waals surface area contributed by atoms with Gasteiger partial charge in [0.1, 0.15) is 6.04 Å². The number of hydrogen-bond donors (Lipinski definition) is 2. The molecule has 6 heteroatoms. The van der Waals surface area contributed by atoms with Gasteiger partial charge in [-0.25, -0.2) is 4.79 Å². The molecule has 2 aromatic heterocycles. The minimum atomic E-state index is -0.996. The van der Waals surface area contributed by atoms with E-state index in [1.807, 2.05) is 43.5 Å². The molecule has 0 spiro atoms. The molecular formula is C19H25N3O3. The van der Waals surface area contributed by atoms with Crippen molar-refractivity contribution in [2.75, 3.05) is 0 Å². The average molecular weight is 343 g/mol. The Kier molecular flexibility index (Phi) is 6.33. The second kappa shape index (κ2) is 8.46. The van der Waals surface area contributed by atoms with Gasteiger partial charge in [0.25, 0.3) is 5.91 Å². The van der Waals surface area contributed by atoms with Crippen LogP contribution in [0.1, 0.15) is 53.6 Å². The van der Waals surface area contributed by atoms with E-state index >= 15 is 0 Å². The van der Waals surface area contributed by atoms with Crippen molar-refractivity contribution in [1.82, 2.24) is 14.9 Å². The predicted molar refractivity (Wildman–Crippen MR) is 95.7 cm³/mol. The molecule has 0 aliphatic rings. The number of aliphatic carboxylic acids is 1. The Balaban J connectivity index is 2.17. The van der Waals surface area contributed by atoms with Crippen LogP contribution >= 0.6 is 0 Å². The summed E-state index contributed by atoms with van der Waals surface area (Å²) in [6.45, 7) is 6.36. The Morgan fingerprint density at radius 3 is 2.68 bits per heavy atom. The summed E-state index contributed by atoms with van der Waals surface area (Å²) in [7, 11) is 0. The van der Waals surface area contributed by atoms with Crippen molar-refractivity contribution in [3.8, 4) is 0 Å². The third-order valence-electron chi connectivity index (χ3n) is 4.31. The van der Waals surface area contributed by atoms with Gasteiger partial charge in [-0.3, -0.25) is 9.78 Å². The zero-order valence-electron chi connectivity index (χ0n) is 15.0. The molecule has 0 aliphatic carbocycles. The normalized spacial score (nSPS) is 12.0. The lowest BCUT2D eigenvalue weighted by Gasteiger charge is -2.14. The number of carbonyl (C=O) groups excluding carboxylic acids is 1. The number of carbonyl (C=O) groups is 2. The minimum Gasteiger partial charge on any atom is -0.480 e. The molecule has 6 nitrogen and oxygen atoms in total. The zero-order chi connectivity index (χ0) is 18.4. The van der Waals surface area contributed by atoms with Crippen LogP contribution < -0.4 is 5.32 Å². The highest BCUT2D eigenvalue weighted by atomic mass is 16.4. The number of aryl methyl sites for hydroxylation is 1. The summed E-state index contributed by atoms with van der Waals surface area (Å²) in [4.78, 5) is 28.2. The highest BCUT2D eigenvalue weighted by Gasteiger charge is 2.23. The van der Waals surface area contributed by atoms with Crippen molar-refractivity contribution in [2.24, 2.45) is 0 Å². The second-order valence-corrected chi connectivity index (χ2v) is 6.20. The molecule has 0 aliphatic heterocycles. The summed E-state index contributed by atoms with van der Waals surface area (Å²) in [6, 6.07) is 6.66. The molecule has 2 heterocycles. The number of unbranched alkanes of at least 4 members (excludes halogenated alkanes) is 1. The number of pyridine rings is 1. The molecule has 2 rings (SSSR count). The van der Waals surface area contributed by atoms with Crippen LogP contribution in [0.25, 0.3) is 0 Å². The molecule has 0 fully saturated rings. The fourth-order valence-corrected chi connectivity index (χ4v) is 2.83. The maximum absolute atomic E-state index is 12.6. The van der Waals surface area contributed by atoms with Gasteiger partial charge in [0, 0.05) is 17.6 Å². The maximum Gasteiger partial charge on any atom is 0.326 e. The van der Waals surface area contributed by atoms with Gasteiger partial charge in [-0.05, 0) is 38.5 Å². The first-order chi connectivity index (χ1) is 11.9. The van der Waals surface area contributed by atoms with E-state index in [0.29, 0.717) is 18.5 Å². The van der Waals surface area contributed by atoms with E-state index in [9.17, 15) is 14.7 Å². The molecule has 0 aromatic carbocycles. The number of amides is 1. The van der Waals surface area contributed by atoms with Crippen LogP contribution in [0, 0.1) is 13.8 Å². The van der Waals surface area contributed by atoms with Gasteiger partial charge >= 0.3 is 5.97 Å². The Labute approximate surface area is 147 Å². The number of rotatable bonds is 8. The lowest BCUT2D eigenvalue weighted by atomic mass is 10.1. The smallest absolute Gasteiger partial charge is 0.326 e. The number of aromatic nitrogens is 2. The SMILES string of the molecule is CCCC[C@H](NC(=O)c1cc(C)n(Cc2ccccn2)c1C)C(=O)O. The van der Waals surface area contributed by atoms with Crippen LogP contribution in [0.3, 0.4) is 0 Å². The van der Waals surface area contributed by atoms with Crippen LogP contribution in [0.2, 0.25) is 0 Å². The summed E-state index contributed by atoms with van der Waals surface area (Å²) >= 11 is 0. The fourth-order valence-electron chi connectivity index (χ4n) is 2.83. The zero-order valence-corrected chi connectivity index (χ0v) is 15.0. The van der Waals surface area contributed by atoms with E-state index < -0.39 is 12.0 Å². The molecule has 0 bridgehead atoms. The Morgan fingerprint density at radius 2 is 2.08 bits per heavy atom. The lowest BCUT2D eigenvalue weighted by molar-refractivity contribution is -0.139.